The molecule has 0 radical (unpaired) electrons. The van der Waals surface area contributed by atoms with Gasteiger partial charge in [0.15, 0.2) is 0 Å². The molecule has 0 spiro atoms. The smallest absolute Gasteiger partial charge is 0.128 e. The van der Waals surface area contributed by atoms with Gasteiger partial charge >= 0.3 is 0 Å². The number of ether oxygens (including phenoxy) is 1. The molecule has 0 bridgehead atoms. The van der Waals surface area contributed by atoms with Gasteiger partial charge in [-0.2, -0.15) is 0 Å². The molecule has 0 saturated carbocycles. The molecule has 1 N–H and O–H groups in total. The summed E-state index contributed by atoms with van der Waals surface area (Å²) in [6.45, 7) is 0.103. The Bertz CT molecular complexity index is 483. The van der Waals surface area contributed by atoms with Gasteiger partial charge in [0.25, 0.3) is 0 Å². The molecule has 0 fully saturated rings. The average molecular weight is 232 g/mol. The molecule has 2 nitrogen and oxygen atoms in total. The lowest BCUT2D eigenvalue weighted by atomic mass is 10.2. The van der Waals surface area contributed by atoms with E-state index in [0.717, 1.165) is 5.56 Å². The van der Waals surface area contributed by atoms with Gasteiger partial charge in [-0.25, -0.2) is 4.39 Å². The monoisotopic (exact) mass is 232 g/mol. The zero-order chi connectivity index (χ0) is 12.1. The Hall–Kier alpha value is -1.87. The predicted octanol–water partition coefficient (Wildman–Crippen LogP) is 2.90. The third kappa shape index (κ3) is 3.04. The molecule has 2 aromatic carbocycles. The van der Waals surface area contributed by atoms with Crippen LogP contribution >= 0.6 is 0 Å². The normalized spacial score (nSPS) is 10.2. The molecule has 0 aromatic heterocycles. The lowest BCUT2D eigenvalue weighted by Crippen LogP contribution is -1.97. The zero-order valence-corrected chi connectivity index (χ0v) is 9.27. The van der Waals surface area contributed by atoms with Gasteiger partial charge < -0.3 is 9.84 Å². The molecule has 17 heavy (non-hydrogen) atoms. The maximum Gasteiger partial charge on any atom is 0.128 e. The van der Waals surface area contributed by atoms with Crippen LogP contribution in [0.5, 0.6) is 5.75 Å². The molecule has 2 aromatic rings. The molecule has 0 atom stereocenters. The largest absolute Gasteiger partial charge is 0.489 e. The molecule has 88 valence electrons. The third-order valence-corrected chi connectivity index (χ3v) is 2.44. The van der Waals surface area contributed by atoms with Crippen molar-refractivity contribution in [3.05, 3.63) is 65.5 Å². The van der Waals surface area contributed by atoms with Gasteiger partial charge in [-0.1, -0.05) is 30.3 Å². The topological polar surface area (TPSA) is 29.5 Å². The van der Waals surface area contributed by atoms with E-state index in [1.165, 1.54) is 12.1 Å². The Morgan fingerprint density at radius 2 is 1.82 bits per heavy atom. The van der Waals surface area contributed by atoms with Crippen LogP contribution in [-0.2, 0) is 13.2 Å². The summed E-state index contributed by atoms with van der Waals surface area (Å²) in [4.78, 5) is 0. The second-order valence-corrected chi connectivity index (χ2v) is 3.69. The minimum atomic E-state index is -0.417. The third-order valence-electron chi connectivity index (χ3n) is 2.44. The van der Waals surface area contributed by atoms with Crippen molar-refractivity contribution >= 4 is 0 Å². The highest BCUT2D eigenvalue weighted by Crippen LogP contribution is 2.18. The fraction of sp³-hybridized carbons (Fsp3) is 0.143. The van der Waals surface area contributed by atoms with Gasteiger partial charge in [-0.05, 0) is 23.8 Å². The van der Waals surface area contributed by atoms with Crippen molar-refractivity contribution in [1.82, 2.24) is 0 Å². The Morgan fingerprint density at radius 3 is 2.53 bits per heavy atom. The van der Waals surface area contributed by atoms with Crippen molar-refractivity contribution in [3.8, 4) is 5.75 Å². The van der Waals surface area contributed by atoms with Crippen molar-refractivity contribution in [2.45, 2.75) is 13.2 Å². The second kappa shape index (κ2) is 5.46. The van der Waals surface area contributed by atoms with E-state index >= 15 is 0 Å². The number of hydrogen-bond acceptors (Lipinski definition) is 2. The van der Waals surface area contributed by atoms with Crippen LogP contribution in [0.4, 0.5) is 4.39 Å². The Labute approximate surface area is 99.3 Å². The highest BCUT2D eigenvalue weighted by Gasteiger charge is 2.03. The van der Waals surface area contributed by atoms with Gasteiger partial charge in [0.05, 0.1) is 6.61 Å². The van der Waals surface area contributed by atoms with Crippen LogP contribution < -0.4 is 4.74 Å². The summed E-state index contributed by atoms with van der Waals surface area (Å²) in [5.74, 6) is 0.138. The van der Waals surface area contributed by atoms with Crippen LogP contribution in [0, 0.1) is 5.82 Å². The molecule has 0 saturated heterocycles. The summed E-state index contributed by atoms with van der Waals surface area (Å²) in [6, 6.07) is 14.1. The lowest BCUT2D eigenvalue weighted by molar-refractivity contribution is 0.271. The number of hydrogen-bond donors (Lipinski definition) is 1. The summed E-state index contributed by atoms with van der Waals surface area (Å²) in [5, 5.41) is 8.93. The first-order valence-electron chi connectivity index (χ1n) is 5.35. The van der Waals surface area contributed by atoms with Crippen LogP contribution in [0.1, 0.15) is 11.1 Å². The SMILES string of the molecule is OCc1cc(OCc2ccccc2)ccc1F. The Balaban J connectivity index is 2.04. The van der Waals surface area contributed by atoms with Crippen LogP contribution in [0.2, 0.25) is 0 Å². The molecular weight excluding hydrogens is 219 g/mol. The number of rotatable bonds is 4. The quantitative estimate of drug-likeness (QED) is 0.878. The zero-order valence-electron chi connectivity index (χ0n) is 9.27. The lowest BCUT2D eigenvalue weighted by Gasteiger charge is -2.08. The average Bonchev–Trinajstić information content (AvgIpc) is 2.39. The van der Waals surface area contributed by atoms with E-state index in [9.17, 15) is 4.39 Å². The fourth-order valence-corrected chi connectivity index (χ4v) is 1.50. The molecule has 0 unspecified atom stereocenters. The number of halogens is 1. The van der Waals surface area contributed by atoms with Gasteiger partial charge in [-0.3, -0.25) is 0 Å². The van der Waals surface area contributed by atoms with E-state index in [0.29, 0.717) is 12.4 Å². The summed E-state index contributed by atoms with van der Waals surface area (Å²) in [7, 11) is 0. The van der Waals surface area contributed by atoms with Crippen molar-refractivity contribution < 1.29 is 14.2 Å². The van der Waals surface area contributed by atoms with Crippen LogP contribution in [-0.4, -0.2) is 5.11 Å². The van der Waals surface area contributed by atoms with Gasteiger partial charge in [0.1, 0.15) is 18.2 Å². The number of aliphatic hydroxyl groups is 1. The van der Waals surface area contributed by atoms with E-state index in [2.05, 4.69) is 0 Å². The van der Waals surface area contributed by atoms with Gasteiger partial charge in [-0.15, -0.1) is 0 Å². The molecule has 0 aliphatic carbocycles. The minimum absolute atomic E-state index is 0.246. The van der Waals surface area contributed by atoms with E-state index in [1.807, 2.05) is 30.3 Å². The fourth-order valence-electron chi connectivity index (χ4n) is 1.50. The Kier molecular flexibility index (Phi) is 3.73. The first-order chi connectivity index (χ1) is 8.29. The van der Waals surface area contributed by atoms with E-state index in [1.54, 1.807) is 6.07 Å². The maximum absolute atomic E-state index is 13.1. The first kappa shape index (κ1) is 11.6. The van der Waals surface area contributed by atoms with Gasteiger partial charge in [0, 0.05) is 5.56 Å². The van der Waals surface area contributed by atoms with Crippen molar-refractivity contribution in [3.63, 3.8) is 0 Å². The first-order valence-corrected chi connectivity index (χ1v) is 5.35. The predicted molar refractivity (Wildman–Crippen MR) is 63.1 cm³/mol. The number of aliphatic hydroxyl groups excluding tert-OH is 1. The molecule has 0 aliphatic heterocycles. The molecule has 0 aliphatic rings. The van der Waals surface area contributed by atoms with E-state index < -0.39 is 5.82 Å². The summed E-state index contributed by atoms with van der Waals surface area (Å²) in [6.07, 6.45) is 0. The van der Waals surface area contributed by atoms with E-state index in [-0.39, 0.29) is 12.2 Å². The van der Waals surface area contributed by atoms with Gasteiger partial charge in [0.2, 0.25) is 0 Å². The summed E-state index contributed by atoms with van der Waals surface area (Å²) < 4.78 is 18.6. The molecular formula is C14H13FO2. The molecule has 2 rings (SSSR count). The summed E-state index contributed by atoms with van der Waals surface area (Å²) >= 11 is 0. The van der Waals surface area contributed by atoms with E-state index in [4.69, 9.17) is 9.84 Å². The highest BCUT2D eigenvalue weighted by atomic mass is 19.1. The molecule has 0 heterocycles. The minimum Gasteiger partial charge on any atom is -0.489 e. The van der Waals surface area contributed by atoms with Crippen molar-refractivity contribution in [2.24, 2.45) is 0 Å². The van der Waals surface area contributed by atoms with Crippen LogP contribution in [0.15, 0.2) is 48.5 Å². The second-order valence-electron chi connectivity index (χ2n) is 3.69. The number of benzene rings is 2. The highest BCUT2D eigenvalue weighted by molar-refractivity contribution is 5.29. The summed E-state index contributed by atoms with van der Waals surface area (Å²) in [5.41, 5.74) is 1.29. The van der Waals surface area contributed by atoms with Crippen LogP contribution in [0.25, 0.3) is 0 Å². The Morgan fingerprint density at radius 1 is 1.06 bits per heavy atom. The van der Waals surface area contributed by atoms with Crippen molar-refractivity contribution in [1.29, 1.82) is 0 Å². The molecule has 0 amide bonds. The standard InChI is InChI=1S/C14H13FO2/c15-14-7-6-13(8-12(14)9-16)17-10-11-4-2-1-3-5-11/h1-8,16H,9-10H2. The maximum atomic E-state index is 13.1. The van der Waals surface area contributed by atoms with Crippen LogP contribution in [0.3, 0.4) is 0 Å². The van der Waals surface area contributed by atoms with Crippen molar-refractivity contribution in [2.75, 3.05) is 0 Å². The molecule has 3 heteroatoms.